The van der Waals surface area contributed by atoms with Crippen molar-refractivity contribution in [3.8, 4) is 0 Å². The zero-order valence-electron chi connectivity index (χ0n) is 14.9. The fourth-order valence-electron chi connectivity index (χ4n) is 2.47. The molecule has 1 amide bonds. The molecule has 28 heavy (non-hydrogen) atoms. The maximum Gasteiger partial charge on any atom is 0.239 e. The van der Waals surface area contributed by atoms with Crippen LogP contribution in [-0.4, -0.2) is 31.7 Å². The van der Waals surface area contributed by atoms with Gasteiger partial charge in [-0.25, -0.2) is 26.0 Å². The number of nitrogens with zero attached hydrogens (tertiary/aromatic N) is 1. The Morgan fingerprint density at radius 3 is 2.43 bits per heavy atom. The van der Waals surface area contributed by atoms with Crippen molar-refractivity contribution in [2.75, 3.05) is 18.4 Å². The topological polar surface area (TPSA) is 66.5 Å². The summed E-state index contributed by atoms with van der Waals surface area (Å²) in [6, 6.07) is 6.50. The first-order valence-electron chi connectivity index (χ1n) is 8.29. The van der Waals surface area contributed by atoms with Crippen molar-refractivity contribution in [3.05, 3.63) is 65.2 Å². The van der Waals surface area contributed by atoms with Crippen LogP contribution in [-0.2, 0) is 20.6 Å². The summed E-state index contributed by atoms with van der Waals surface area (Å²) in [4.78, 5) is 12.1. The quantitative estimate of drug-likeness (QED) is 0.528. The van der Waals surface area contributed by atoms with Gasteiger partial charge >= 0.3 is 0 Å². The number of hydrogen-bond acceptors (Lipinski definition) is 3. The molecule has 2 rings (SSSR count). The number of anilines is 1. The first-order chi connectivity index (χ1) is 13.1. The molecule has 0 saturated carbocycles. The number of sulfonamides is 1. The average molecular weight is 418 g/mol. The Balaban J connectivity index is 2.15. The molecule has 0 saturated heterocycles. The molecule has 10 heteroatoms. The van der Waals surface area contributed by atoms with E-state index in [0.29, 0.717) is 12.5 Å². The van der Waals surface area contributed by atoms with E-state index < -0.39 is 57.2 Å². The van der Waals surface area contributed by atoms with Gasteiger partial charge in [0.25, 0.3) is 0 Å². The Morgan fingerprint density at radius 1 is 1.07 bits per heavy atom. The van der Waals surface area contributed by atoms with Crippen LogP contribution < -0.4 is 5.32 Å². The van der Waals surface area contributed by atoms with Gasteiger partial charge in [0.2, 0.25) is 15.9 Å². The molecule has 0 radical (unpaired) electrons. The van der Waals surface area contributed by atoms with Crippen molar-refractivity contribution < 1.29 is 30.8 Å². The van der Waals surface area contributed by atoms with Crippen LogP contribution in [0.3, 0.4) is 0 Å². The van der Waals surface area contributed by atoms with Crippen molar-refractivity contribution >= 4 is 21.6 Å². The van der Waals surface area contributed by atoms with Crippen LogP contribution in [0.15, 0.2) is 36.4 Å². The molecule has 2 aromatic rings. The van der Waals surface area contributed by atoms with Crippen LogP contribution >= 0.6 is 0 Å². The summed E-state index contributed by atoms with van der Waals surface area (Å²) in [6.07, 6.45) is 0.384. The SMILES string of the molecule is CCCN(CC(=O)Nc1ccc(F)c(F)c1F)S(=O)(=O)Cc1cccc(F)c1. The van der Waals surface area contributed by atoms with Gasteiger partial charge in [-0.15, -0.1) is 0 Å². The third-order valence-corrected chi connectivity index (χ3v) is 5.53. The van der Waals surface area contributed by atoms with Crippen LogP contribution in [0.2, 0.25) is 0 Å². The van der Waals surface area contributed by atoms with E-state index in [9.17, 15) is 30.8 Å². The largest absolute Gasteiger partial charge is 0.322 e. The van der Waals surface area contributed by atoms with Crippen molar-refractivity contribution in [3.63, 3.8) is 0 Å². The van der Waals surface area contributed by atoms with Gasteiger partial charge in [-0.1, -0.05) is 19.1 Å². The predicted octanol–water partition coefficient (Wildman–Crippen LogP) is 3.42. The monoisotopic (exact) mass is 418 g/mol. The van der Waals surface area contributed by atoms with Crippen molar-refractivity contribution in [1.29, 1.82) is 0 Å². The molecule has 0 aliphatic carbocycles. The zero-order valence-corrected chi connectivity index (χ0v) is 15.7. The molecule has 1 N–H and O–H groups in total. The van der Waals surface area contributed by atoms with Gasteiger partial charge in [0.15, 0.2) is 17.5 Å². The highest BCUT2D eigenvalue weighted by Gasteiger charge is 2.25. The third-order valence-electron chi connectivity index (χ3n) is 3.73. The van der Waals surface area contributed by atoms with E-state index in [1.807, 2.05) is 5.32 Å². The zero-order chi connectivity index (χ0) is 20.9. The van der Waals surface area contributed by atoms with Gasteiger partial charge in [0.05, 0.1) is 18.0 Å². The van der Waals surface area contributed by atoms with E-state index >= 15 is 0 Å². The second-order valence-electron chi connectivity index (χ2n) is 5.99. The molecule has 0 aromatic heterocycles. The van der Waals surface area contributed by atoms with E-state index in [4.69, 9.17) is 0 Å². The predicted molar refractivity (Wildman–Crippen MR) is 95.8 cm³/mol. The lowest BCUT2D eigenvalue weighted by molar-refractivity contribution is -0.116. The summed E-state index contributed by atoms with van der Waals surface area (Å²) in [5.74, 6) is -6.80. The number of benzene rings is 2. The number of carbonyl (C=O) groups excluding carboxylic acids is 1. The van der Waals surface area contributed by atoms with Gasteiger partial charge in [-0.05, 0) is 36.2 Å². The van der Waals surface area contributed by atoms with Gasteiger partial charge in [-0.3, -0.25) is 4.79 Å². The molecule has 152 valence electrons. The lowest BCUT2D eigenvalue weighted by atomic mass is 10.2. The number of carbonyl (C=O) groups is 1. The molecule has 0 fully saturated rings. The van der Waals surface area contributed by atoms with Gasteiger partial charge in [0, 0.05) is 6.54 Å². The average Bonchev–Trinajstić information content (AvgIpc) is 2.61. The van der Waals surface area contributed by atoms with Crippen LogP contribution in [0.4, 0.5) is 23.2 Å². The number of halogens is 4. The Kier molecular flexibility index (Phi) is 7.14. The molecule has 2 aromatic carbocycles. The highest BCUT2D eigenvalue weighted by Crippen LogP contribution is 2.20. The Labute approximate surface area is 160 Å². The molecule has 0 aliphatic heterocycles. The van der Waals surface area contributed by atoms with Crippen molar-refractivity contribution in [1.82, 2.24) is 4.31 Å². The summed E-state index contributed by atoms with van der Waals surface area (Å²) in [6.45, 7) is 1.02. The fraction of sp³-hybridized carbons (Fsp3) is 0.278. The molecule has 0 unspecified atom stereocenters. The van der Waals surface area contributed by atoms with Gasteiger partial charge in [0.1, 0.15) is 5.82 Å². The van der Waals surface area contributed by atoms with E-state index in [0.717, 1.165) is 16.4 Å². The molecular formula is C18H18F4N2O3S. The molecule has 0 spiro atoms. The van der Waals surface area contributed by atoms with Crippen molar-refractivity contribution in [2.24, 2.45) is 0 Å². The van der Waals surface area contributed by atoms with Crippen LogP contribution in [0.1, 0.15) is 18.9 Å². The number of rotatable bonds is 8. The van der Waals surface area contributed by atoms with E-state index in [1.165, 1.54) is 18.2 Å². The van der Waals surface area contributed by atoms with E-state index in [2.05, 4.69) is 0 Å². The second-order valence-corrected chi connectivity index (χ2v) is 7.96. The molecule has 0 aliphatic rings. The smallest absolute Gasteiger partial charge is 0.239 e. The van der Waals surface area contributed by atoms with Gasteiger partial charge in [-0.2, -0.15) is 4.31 Å². The van der Waals surface area contributed by atoms with Crippen LogP contribution in [0.5, 0.6) is 0 Å². The summed E-state index contributed by atoms with van der Waals surface area (Å²) in [5.41, 5.74) is -0.406. The molecule has 0 heterocycles. The molecule has 0 bridgehead atoms. The van der Waals surface area contributed by atoms with E-state index in [-0.39, 0.29) is 12.1 Å². The molecule has 5 nitrogen and oxygen atoms in total. The highest BCUT2D eigenvalue weighted by atomic mass is 32.2. The minimum Gasteiger partial charge on any atom is -0.322 e. The first kappa shape index (κ1) is 21.8. The molecular weight excluding hydrogens is 400 g/mol. The normalized spacial score (nSPS) is 11.6. The lowest BCUT2D eigenvalue weighted by Gasteiger charge is -2.21. The van der Waals surface area contributed by atoms with Crippen LogP contribution in [0.25, 0.3) is 0 Å². The standard InChI is InChI=1S/C18H18F4N2O3S/c1-2-8-24(28(26,27)11-12-4-3-5-13(19)9-12)10-16(25)23-15-7-6-14(20)17(21)18(15)22/h3-7,9H,2,8,10-11H2,1H3,(H,23,25). The second kappa shape index (κ2) is 9.16. The number of amides is 1. The lowest BCUT2D eigenvalue weighted by Crippen LogP contribution is -2.39. The van der Waals surface area contributed by atoms with Crippen LogP contribution in [0, 0.1) is 23.3 Å². The number of hydrogen-bond donors (Lipinski definition) is 1. The summed E-state index contributed by atoms with van der Waals surface area (Å²) < 4.78 is 79.2. The minimum atomic E-state index is -3.99. The minimum absolute atomic E-state index is 0.00860. The Hall–Kier alpha value is -2.46. The van der Waals surface area contributed by atoms with E-state index in [1.54, 1.807) is 6.92 Å². The van der Waals surface area contributed by atoms with Crippen molar-refractivity contribution in [2.45, 2.75) is 19.1 Å². The maximum atomic E-state index is 13.7. The Bertz CT molecular complexity index is 967. The number of nitrogens with one attached hydrogen (secondary N) is 1. The van der Waals surface area contributed by atoms with Gasteiger partial charge < -0.3 is 5.32 Å². The Morgan fingerprint density at radius 2 is 1.79 bits per heavy atom. The summed E-state index contributed by atoms with van der Waals surface area (Å²) >= 11 is 0. The fourth-order valence-corrected chi connectivity index (χ4v) is 4.02. The third kappa shape index (κ3) is 5.52. The highest BCUT2D eigenvalue weighted by molar-refractivity contribution is 7.88. The summed E-state index contributed by atoms with van der Waals surface area (Å²) in [5, 5.41) is 2.03. The maximum absolute atomic E-state index is 13.7. The first-order valence-corrected chi connectivity index (χ1v) is 9.90. The molecule has 0 atom stereocenters. The summed E-state index contributed by atoms with van der Waals surface area (Å²) in [7, 11) is -3.99.